The first kappa shape index (κ1) is 15.7. The molecule has 0 radical (unpaired) electrons. The molecule has 2 rings (SSSR count). The van der Waals surface area contributed by atoms with E-state index in [1.165, 1.54) is 0 Å². The molecular formula is C15H16BrClO2S. The lowest BCUT2D eigenvalue weighted by Crippen LogP contribution is -1.98. The first-order valence-electron chi connectivity index (χ1n) is 6.09. The normalized spacial score (nSPS) is 12.3. The second-order valence-corrected chi connectivity index (χ2v) is 6.73. The van der Waals surface area contributed by atoms with Gasteiger partial charge in [-0.1, -0.05) is 27.5 Å². The number of ether oxygens (including phenoxy) is 2. The molecule has 1 aromatic carbocycles. The Morgan fingerprint density at radius 2 is 1.70 bits per heavy atom. The summed E-state index contributed by atoms with van der Waals surface area (Å²) in [6.45, 7) is 4.07. The van der Waals surface area contributed by atoms with Crippen molar-refractivity contribution in [1.29, 1.82) is 0 Å². The molecule has 0 aliphatic rings. The molecule has 0 N–H and O–H groups in total. The predicted octanol–water partition coefficient (Wildman–Crippen LogP) is 5.52. The van der Waals surface area contributed by atoms with Crippen molar-refractivity contribution in [1.82, 2.24) is 0 Å². The SMILES string of the molecule is COc1cc(C)c(C(Br)c2scc(C)c2Cl)cc1OC. The van der Waals surface area contributed by atoms with Crippen molar-refractivity contribution in [3.8, 4) is 11.5 Å². The van der Waals surface area contributed by atoms with Gasteiger partial charge in [-0.3, -0.25) is 0 Å². The number of hydrogen-bond donors (Lipinski definition) is 0. The number of rotatable bonds is 4. The van der Waals surface area contributed by atoms with Crippen molar-refractivity contribution >= 4 is 38.9 Å². The molecule has 0 aliphatic heterocycles. The predicted molar refractivity (Wildman–Crippen MR) is 89.1 cm³/mol. The van der Waals surface area contributed by atoms with Crippen LogP contribution in [-0.4, -0.2) is 14.2 Å². The average Bonchev–Trinajstić information content (AvgIpc) is 2.78. The van der Waals surface area contributed by atoms with Crippen LogP contribution in [-0.2, 0) is 0 Å². The highest BCUT2D eigenvalue weighted by atomic mass is 79.9. The van der Waals surface area contributed by atoms with Crippen molar-refractivity contribution in [2.45, 2.75) is 18.7 Å². The summed E-state index contributed by atoms with van der Waals surface area (Å²) in [7, 11) is 3.28. The van der Waals surface area contributed by atoms with Gasteiger partial charge in [0.2, 0.25) is 0 Å². The molecule has 0 aliphatic carbocycles. The first-order valence-corrected chi connectivity index (χ1v) is 8.27. The molecule has 0 saturated heterocycles. The summed E-state index contributed by atoms with van der Waals surface area (Å²) in [5.74, 6) is 1.46. The fourth-order valence-electron chi connectivity index (χ4n) is 2.03. The summed E-state index contributed by atoms with van der Waals surface area (Å²) in [4.78, 5) is 1.16. The quantitative estimate of drug-likeness (QED) is 0.655. The van der Waals surface area contributed by atoms with Gasteiger partial charge in [-0.25, -0.2) is 0 Å². The van der Waals surface area contributed by atoms with E-state index < -0.39 is 0 Å². The van der Waals surface area contributed by atoms with E-state index in [4.69, 9.17) is 21.1 Å². The molecule has 1 atom stereocenters. The third-order valence-electron chi connectivity index (χ3n) is 3.20. The third kappa shape index (κ3) is 2.83. The molecule has 2 nitrogen and oxygen atoms in total. The highest BCUT2D eigenvalue weighted by Gasteiger charge is 2.21. The Morgan fingerprint density at radius 3 is 2.20 bits per heavy atom. The van der Waals surface area contributed by atoms with Crippen LogP contribution in [0.5, 0.6) is 11.5 Å². The molecule has 1 aromatic heterocycles. The van der Waals surface area contributed by atoms with Gasteiger partial charge in [0.15, 0.2) is 11.5 Å². The van der Waals surface area contributed by atoms with Crippen LogP contribution in [0.4, 0.5) is 0 Å². The Balaban J connectivity index is 2.49. The summed E-state index contributed by atoms with van der Waals surface area (Å²) in [5.41, 5.74) is 3.37. The Morgan fingerprint density at radius 1 is 1.10 bits per heavy atom. The molecule has 0 fully saturated rings. The van der Waals surface area contributed by atoms with Crippen LogP contribution in [0, 0.1) is 13.8 Å². The van der Waals surface area contributed by atoms with E-state index in [-0.39, 0.29) is 4.83 Å². The topological polar surface area (TPSA) is 18.5 Å². The highest BCUT2D eigenvalue weighted by Crippen LogP contribution is 2.44. The maximum absolute atomic E-state index is 6.36. The number of aryl methyl sites for hydroxylation is 2. The van der Waals surface area contributed by atoms with E-state index in [0.29, 0.717) is 0 Å². The number of thiophene rings is 1. The number of halogens is 2. The molecule has 108 valence electrons. The van der Waals surface area contributed by atoms with Gasteiger partial charge in [0.25, 0.3) is 0 Å². The number of hydrogen-bond acceptors (Lipinski definition) is 3. The second-order valence-electron chi connectivity index (χ2n) is 4.52. The molecular weight excluding hydrogens is 360 g/mol. The van der Waals surface area contributed by atoms with Crippen molar-refractivity contribution in [3.63, 3.8) is 0 Å². The van der Waals surface area contributed by atoms with Crippen LogP contribution in [0.1, 0.15) is 26.4 Å². The lowest BCUT2D eigenvalue weighted by atomic mass is 10.0. The maximum atomic E-state index is 6.36. The molecule has 0 bridgehead atoms. The summed E-state index contributed by atoms with van der Waals surface area (Å²) in [5, 5.41) is 2.90. The molecule has 0 amide bonds. The Labute approximate surface area is 136 Å². The number of benzene rings is 1. The van der Waals surface area contributed by atoms with E-state index in [2.05, 4.69) is 28.2 Å². The molecule has 5 heteroatoms. The molecule has 20 heavy (non-hydrogen) atoms. The van der Waals surface area contributed by atoms with Gasteiger partial charge >= 0.3 is 0 Å². The van der Waals surface area contributed by atoms with Gasteiger partial charge in [-0.05, 0) is 48.1 Å². The first-order chi connectivity index (χ1) is 9.49. The van der Waals surface area contributed by atoms with E-state index in [0.717, 1.165) is 38.1 Å². The van der Waals surface area contributed by atoms with E-state index in [1.807, 2.05) is 19.1 Å². The van der Waals surface area contributed by atoms with Gasteiger partial charge in [0.05, 0.1) is 24.1 Å². The molecule has 1 unspecified atom stereocenters. The lowest BCUT2D eigenvalue weighted by Gasteiger charge is -2.16. The zero-order valence-corrected chi connectivity index (χ0v) is 14.9. The Bertz CT molecular complexity index is 625. The average molecular weight is 376 g/mol. The van der Waals surface area contributed by atoms with E-state index >= 15 is 0 Å². The highest BCUT2D eigenvalue weighted by molar-refractivity contribution is 9.09. The monoisotopic (exact) mass is 374 g/mol. The summed E-state index contributed by atoms with van der Waals surface area (Å²) >= 11 is 11.8. The van der Waals surface area contributed by atoms with Crippen LogP contribution in [0.3, 0.4) is 0 Å². The lowest BCUT2D eigenvalue weighted by molar-refractivity contribution is 0.354. The summed E-state index contributed by atoms with van der Waals surface area (Å²) < 4.78 is 10.7. The Hall–Kier alpha value is -0.710. The van der Waals surface area contributed by atoms with Crippen molar-refractivity contribution in [2.24, 2.45) is 0 Å². The van der Waals surface area contributed by atoms with Gasteiger partial charge in [-0.2, -0.15) is 0 Å². The van der Waals surface area contributed by atoms with Gasteiger partial charge in [0, 0.05) is 4.88 Å². The standard InChI is InChI=1S/C15H16BrClO2S/c1-8-5-11(18-3)12(19-4)6-10(8)13(16)15-14(17)9(2)7-20-15/h5-7,13H,1-4H3. The zero-order valence-electron chi connectivity index (χ0n) is 11.8. The van der Waals surface area contributed by atoms with Gasteiger partial charge < -0.3 is 9.47 Å². The van der Waals surface area contributed by atoms with Crippen molar-refractivity contribution in [2.75, 3.05) is 14.2 Å². The largest absolute Gasteiger partial charge is 0.493 e. The smallest absolute Gasteiger partial charge is 0.161 e. The minimum absolute atomic E-state index is 0.0495. The van der Waals surface area contributed by atoms with Crippen molar-refractivity contribution < 1.29 is 9.47 Å². The second kappa shape index (κ2) is 6.37. The summed E-state index contributed by atoms with van der Waals surface area (Å²) in [6.07, 6.45) is 0. The fourth-order valence-corrected chi connectivity index (χ4v) is 4.50. The maximum Gasteiger partial charge on any atom is 0.161 e. The molecule has 2 aromatic rings. The van der Waals surface area contributed by atoms with E-state index in [1.54, 1.807) is 25.6 Å². The van der Waals surface area contributed by atoms with Crippen LogP contribution < -0.4 is 9.47 Å². The Kier molecular flexibility index (Phi) is 4.99. The van der Waals surface area contributed by atoms with Crippen LogP contribution in [0.15, 0.2) is 17.5 Å². The third-order valence-corrected chi connectivity index (χ3v) is 6.23. The minimum atomic E-state index is 0.0495. The van der Waals surface area contributed by atoms with Crippen LogP contribution >= 0.6 is 38.9 Å². The van der Waals surface area contributed by atoms with Gasteiger partial charge in [0.1, 0.15) is 0 Å². The number of alkyl halides is 1. The van der Waals surface area contributed by atoms with Gasteiger partial charge in [-0.15, -0.1) is 11.3 Å². The minimum Gasteiger partial charge on any atom is -0.493 e. The number of methoxy groups -OCH3 is 2. The molecule has 0 spiro atoms. The van der Waals surface area contributed by atoms with Crippen molar-refractivity contribution in [3.05, 3.63) is 44.1 Å². The fraction of sp³-hybridized carbons (Fsp3) is 0.333. The zero-order chi connectivity index (χ0) is 14.9. The van der Waals surface area contributed by atoms with Crippen LogP contribution in [0.2, 0.25) is 5.02 Å². The van der Waals surface area contributed by atoms with E-state index in [9.17, 15) is 0 Å². The molecule has 0 saturated carbocycles. The molecule has 1 heterocycles. The summed E-state index contributed by atoms with van der Waals surface area (Å²) in [6, 6.07) is 3.98. The van der Waals surface area contributed by atoms with Crippen LogP contribution in [0.25, 0.3) is 0 Å².